The number of Topliss-reactive ketones (excluding diaryl/α,β-unsaturated/α-hetero) is 1. The summed E-state index contributed by atoms with van der Waals surface area (Å²) in [5.41, 5.74) is 0.966. The largest absolute Gasteiger partial charge is 0.299 e. The third-order valence-corrected chi connectivity index (χ3v) is 7.77. The number of thiophene rings is 1. The van der Waals surface area contributed by atoms with Gasteiger partial charge >= 0.3 is 0 Å². The van der Waals surface area contributed by atoms with Crippen LogP contribution in [0.2, 0.25) is 0 Å². The summed E-state index contributed by atoms with van der Waals surface area (Å²) in [6, 6.07) is 8.07. The SMILES string of the molecule is C[C@@H]1CCCC[C@@H]1n1c(SCC(=O)c2ccc(Br)s2)nnc1-c1cccnc1. The number of hydrogen-bond acceptors (Lipinski definition) is 6. The molecule has 0 N–H and O–H groups in total. The minimum atomic E-state index is 0.120. The molecule has 1 fully saturated rings. The summed E-state index contributed by atoms with van der Waals surface area (Å²) in [5, 5.41) is 9.77. The zero-order valence-electron chi connectivity index (χ0n) is 15.5. The van der Waals surface area contributed by atoms with Crippen molar-refractivity contribution in [3.05, 3.63) is 45.3 Å². The first-order chi connectivity index (χ1) is 13.6. The minimum absolute atomic E-state index is 0.120. The molecule has 1 saturated carbocycles. The molecule has 0 bridgehead atoms. The van der Waals surface area contributed by atoms with E-state index in [-0.39, 0.29) is 5.78 Å². The average molecular weight is 477 g/mol. The molecular formula is C20H21BrN4OS2. The summed E-state index contributed by atoms with van der Waals surface area (Å²) in [7, 11) is 0. The number of aromatic nitrogens is 4. The van der Waals surface area contributed by atoms with Gasteiger partial charge in [0.05, 0.1) is 14.4 Å². The van der Waals surface area contributed by atoms with Crippen LogP contribution in [0.15, 0.2) is 45.6 Å². The molecule has 5 nitrogen and oxygen atoms in total. The van der Waals surface area contributed by atoms with E-state index in [2.05, 4.69) is 42.6 Å². The fourth-order valence-corrected chi connectivity index (χ4v) is 6.00. The van der Waals surface area contributed by atoms with E-state index in [1.54, 1.807) is 6.20 Å². The van der Waals surface area contributed by atoms with Crippen molar-refractivity contribution in [2.75, 3.05) is 5.75 Å². The van der Waals surface area contributed by atoms with E-state index in [1.807, 2.05) is 30.5 Å². The summed E-state index contributed by atoms with van der Waals surface area (Å²) < 4.78 is 3.22. The summed E-state index contributed by atoms with van der Waals surface area (Å²) in [6.45, 7) is 2.31. The molecule has 4 rings (SSSR count). The molecule has 3 aromatic rings. The Hall–Kier alpha value is -1.51. The van der Waals surface area contributed by atoms with Crippen LogP contribution in [-0.2, 0) is 0 Å². The Balaban J connectivity index is 1.63. The maximum atomic E-state index is 12.6. The third kappa shape index (κ3) is 4.23. The first-order valence-corrected chi connectivity index (χ1v) is 12.0. The average Bonchev–Trinajstić information content (AvgIpc) is 3.33. The Morgan fingerprint density at radius 1 is 1.29 bits per heavy atom. The summed E-state index contributed by atoms with van der Waals surface area (Å²) in [6.07, 6.45) is 8.41. The van der Waals surface area contributed by atoms with E-state index in [4.69, 9.17) is 0 Å². The monoisotopic (exact) mass is 476 g/mol. The van der Waals surface area contributed by atoms with Gasteiger partial charge in [0.25, 0.3) is 0 Å². The molecule has 3 heterocycles. The number of thioether (sulfide) groups is 1. The Labute approximate surface area is 181 Å². The number of hydrogen-bond donors (Lipinski definition) is 0. The fraction of sp³-hybridized carbons (Fsp3) is 0.400. The Bertz CT molecular complexity index is 956. The minimum Gasteiger partial charge on any atom is -0.299 e. The van der Waals surface area contributed by atoms with Gasteiger partial charge in [0.15, 0.2) is 16.8 Å². The zero-order chi connectivity index (χ0) is 19.5. The predicted molar refractivity (Wildman–Crippen MR) is 117 cm³/mol. The lowest BCUT2D eigenvalue weighted by Gasteiger charge is -2.31. The van der Waals surface area contributed by atoms with E-state index < -0.39 is 0 Å². The Morgan fingerprint density at radius 3 is 2.86 bits per heavy atom. The molecule has 0 aromatic carbocycles. The normalized spacial score (nSPS) is 19.6. The lowest BCUT2D eigenvalue weighted by atomic mass is 9.85. The maximum absolute atomic E-state index is 12.6. The predicted octanol–water partition coefficient (Wildman–Crippen LogP) is 5.89. The van der Waals surface area contributed by atoms with Gasteiger partial charge in [-0.2, -0.15) is 0 Å². The van der Waals surface area contributed by atoms with Gasteiger partial charge in [-0.3, -0.25) is 14.3 Å². The second-order valence-corrected chi connectivity index (χ2v) is 10.5. The molecule has 0 unspecified atom stereocenters. The molecule has 146 valence electrons. The quantitative estimate of drug-likeness (QED) is 0.327. The number of carbonyl (C=O) groups is 1. The number of nitrogens with zero attached hydrogens (tertiary/aromatic N) is 4. The number of halogens is 1. The van der Waals surface area contributed by atoms with E-state index in [1.165, 1.54) is 42.4 Å². The molecule has 2 atom stereocenters. The highest BCUT2D eigenvalue weighted by atomic mass is 79.9. The van der Waals surface area contributed by atoms with Gasteiger partial charge in [0.2, 0.25) is 0 Å². The topological polar surface area (TPSA) is 60.7 Å². The van der Waals surface area contributed by atoms with Crippen molar-refractivity contribution >= 4 is 44.8 Å². The Kier molecular flexibility index (Phi) is 6.28. The highest BCUT2D eigenvalue weighted by molar-refractivity contribution is 9.11. The first-order valence-electron chi connectivity index (χ1n) is 9.40. The van der Waals surface area contributed by atoms with Gasteiger partial charge in [0.1, 0.15) is 0 Å². The van der Waals surface area contributed by atoms with Crippen LogP contribution in [0.1, 0.15) is 48.3 Å². The van der Waals surface area contributed by atoms with Gasteiger partial charge in [-0.1, -0.05) is 31.5 Å². The number of pyridine rings is 1. The van der Waals surface area contributed by atoms with E-state index in [9.17, 15) is 4.79 Å². The lowest BCUT2D eigenvalue weighted by molar-refractivity contribution is 0.102. The second kappa shape index (κ2) is 8.88. The van der Waals surface area contributed by atoms with Gasteiger partial charge < -0.3 is 0 Å². The van der Waals surface area contributed by atoms with Crippen molar-refractivity contribution in [2.45, 2.75) is 43.8 Å². The van der Waals surface area contributed by atoms with Gasteiger partial charge in [0, 0.05) is 24.0 Å². The molecule has 0 amide bonds. The first kappa shape index (κ1) is 19.8. The van der Waals surface area contributed by atoms with Gasteiger partial charge in [-0.05, 0) is 59.0 Å². The molecule has 0 saturated heterocycles. The van der Waals surface area contributed by atoms with E-state index in [0.717, 1.165) is 31.6 Å². The van der Waals surface area contributed by atoms with Crippen molar-refractivity contribution in [3.63, 3.8) is 0 Å². The number of ketones is 1. The summed E-state index contributed by atoms with van der Waals surface area (Å²) in [4.78, 5) is 17.6. The van der Waals surface area contributed by atoms with Gasteiger partial charge in [-0.25, -0.2) is 0 Å². The van der Waals surface area contributed by atoms with Crippen LogP contribution in [0.3, 0.4) is 0 Å². The van der Waals surface area contributed by atoms with Crippen LogP contribution in [-0.4, -0.2) is 31.3 Å². The zero-order valence-corrected chi connectivity index (χ0v) is 18.8. The van der Waals surface area contributed by atoms with Crippen LogP contribution in [0.5, 0.6) is 0 Å². The van der Waals surface area contributed by atoms with Crippen LogP contribution < -0.4 is 0 Å². The smallest absolute Gasteiger partial charge is 0.192 e. The number of carbonyl (C=O) groups excluding carboxylic acids is 1. The summed E-state index contributed by atoms with van der Waals surface area (Å²) >= 11 is 6.37. The highest BCUT2D eigenvalue weighted by Gasteiger charge is 2.29. The van der Waals surface area contributed by atoms with E-state index in [0.29, 0.717) is 17.7 Å². The van der Waals surface area contributed by atoms with Crippen LogP contribution in [0.25, 0.3) is 11.4 Å². The molecular weight excluding hydrogens is 456 g/mol. The van der Waals surface area contributed by atoms with E-state index >= 15 is 0 Å². The third-order valence-electron chi connectivity index (χ3n) is 5.16. The molecule has 28 heavy (non-hydrogen) atoms. The Morgan fingerprint density at radius 2 is 2.14 bits per heavy atom. The molecule has 1 aliphatic rings. The molecule has 1 aliphatic carbocycles. The molecule has 0 aliphatic heterocycles. The van der Waals surface area contributed by atoms with Crippen LogP contribution in [0.4, 0.5) is 0 Å². The van der Waals surface area contributed by atoms with Crippen LogP contribution >= 0.6 is 39.0 Å². The standard InChI is InChI=1S/C20H21BrN4OS2/c1-13-5-2-3-7-15(13)25-19(14-6-4-10-22-11-14)23-24-20(25)27-12-16(26)17-8-9-18(21)28-17/h4,6,8-11,13,15H,2-3,5,7,12H2,1H3/t13-,15+/m1/s1. The van der Waals surface area contributed by atoms with Crippen molar-refractivity contribution in [2.24, 2.45) is 5.92 Å². The lowest BCUT2D eigenvalue weighted by Crippen LogP contribution is -2.22. The highest BCUT2D eigenvalue weighted by Crippen LogP contribution is 2.39. The molecule has 8 heteroatoms. The number of rotatable bonds is 6. The molecule has 0 spiro atoms. The fourth-order valence-electron chi connectivity index (χ4n) is 3.71. The molecule has 0 radical (unpaired) electrons. The second-order valence-electron chi connectivity index (χ2n) is 7.06. The van der Waals surface area contributed by atoms with Crippen molar-refractivity contribution < 1.29 is 4.79 Å². The van der Waals surface area contributed by atoms with Crippen molar-refractivity contribution in [3.8, 4) is 11.4 Å². The van der Waals surface area contributed by atoms with Crippen molar-refractivity contribution in [1.29, 1.82) is 0 Å². The van der Waals surface area contributed by atoms with Crippen LogP contribution in [0, 0.1) is 5.92 Å². The maximum Gasteiger partial charge on any atom is 0.192 e. The summed E-state index contributed by atoms with van der Waals surface area (Å²) in [5.74, 6) is 1.89. The van der Waals surface area contributed by atoms with Crippen molar-refractivity contribution in [1.82, 2.24) is 19.7 Å². The van der Waals surface area contributed by atoms with Gasteiger partial charge in [-0.15, -0.1) is 21.5 Å². The molecule has 3 aromatic heterocycles.